The molecule has 0 amide bonds. The van der Waals surface area contributed by atoms with E-state index in [2.05, 4.69) is 15.5 Å². The van der Waals surface area contributed by atoms with E-state index in [1.807, 2.05) is 31.2 Å². The Morgan fingerprint density at radius 2 is 2.20 bits per heavy atom. The van der Waals surface area contributed by atoms with Gasteiger partial charge in [-0.1, -0.05) is 40.6 Å². The molecule has 0 saturated heterocycles. The highest BCUT2D eigenvalue weighted by Crippen LogP contribution is 2.30. The van der Waals surface area contributed by atoms with Gasteiger partial charge in [-0.15, -0.1) is 0 Å². The van der Waals surface area contributed by atoms with E-state index >= 15 is 0 Å². The van der Waals surface area contributed by atoms with Crippen molar-refractivity contribution in [1.29, 1.82) is 0 Å². The Hall–Kier alpha value is -2.70. The lowest BCUT2D eigenvalue weighted by atomic mass is 10.1. The third-order valence-corrected chi connectivity index (χ3v) is 4.92. The molecular weight excluding hydrogens is 358 g/mol. The van der Waals surface area contributed by atoms with Crippen molar-refractivity contribution in [3.05, 3.63) is 69.0 Å². The summed E-state index contributed by atoms with van der Waals surface area (Å²) in [5.74, 6) is 0. The average Bonchev–Trinajstić information content (AvgIpc) is 3.02. The maximum Gasteiger partial charge on any atom is 0.204 e. The van der Waals surface area contributed by atoms with Crippen molar-refractivity contribution in [3.8, 4) is 0 Å². The Bertz CT molecular complexity index is 1180. The first-order valence-electron chi connectivity index (χ1n) is 7.48. The third kappa shape index (κ3) is 3.01. The predicted molar refractivity (Wildman–Crippen MR) is 103 cm³/mol. The van der Waals surface area contributed by atoms with Gasteiger partial charge in [0.05, 0.1) is 26.9 Å². The van der Waals surface area contributed by atoms with Gasteiger partial charge in [0.2, 0.25) is 10.6 Å². The second-order valence-electron chi connectivity index (χ2n) is 5.50. The van der Waals surface area contributed by atoms with Gasteiger partial charge in [-0.2, -0.15) is 5.10 Å². The molecule has 124 valence electrons. The van der Waals surface area contributed by atoms with Gasteiger partial charge in [-0.05, 0) is 31.2 Å². The van der Waals surface area contributed by atoms with Crippen LogP contribution in [0.1, 0.15) is 11.1 Å². The van der Waals surface area contributed by atoms with E-state index in [4.69, 9.17) is 16.0 Å². The number of aryl methyl sites for hydroxylation is 1. The minimum Gasteiger partial charge on any atom is -0.463 e. The molecule has 0 aliphatic carbocycles. The minimum absolute atomic E-state index is 0.122. The van der Waals surface area contributed by atoms with E-state index in [1.165, 1.54) is 23.8 Å². The molecule has 2 aromatic carbocycles. The van der Waals surface area contributed by atoms with Crippen molar-refractivity contribution in [3.63, 3.8) is 0 Å². The lowest BCUT2D eigenvalue weighted by Crippen LogP contribution is -2.08. The van der Waals surface area contributed by atoms with Crippen LogP contribution in [0, 0.1) is 6.92 Å². The SMILES string of the molecule is Cc1ccc2occ(/C=N/Nc3nc4c(Cl)cccc4s3)c(=O)c2c1. The van der Waals surface area contributed by atoms with Crippen molar-refractivity contribution in [1.82, 2.24) is 4.98 Å². The summed E-state index contributed by atoms with van der Waals surface area (Å²) in [5, 5.41) is 5.83. The van der Waals surface area contributed by atoms with Gasteiger partial charge >= 0.3 is 0 Å². The fourth-order valence-corrected chi connectivity index (χ4v) is 3.58. The number of thiazole rings is 1. The molecule has 4 rings (SSSR count). The van der Waals surface area contributed by atoms with E-state index in [0.717, 1.165) is 15.8 Å². The van der Waals surface area contributed by atoms with Crippen LogP contribution in [0.25, 0.3) is 21.2 Å². The maximum absolute atomic E-state index is 12.5. The average molecular weight is 370 g/mol. The molecule has 0 atom stereocenters. The summed E-state index contributed by atoms with van der Waals surface area (Å²) < 4.78 is 6.46. The fraction of sp³-hybridized carbons (Fsp3) is 0.0556. The zero-order chi connectivity index (χ0) is 17.4. The van der Waals surface area contributed by atoms with E-state index in [9.17, 15) is 4.79 Å². The standard InChI is InChI=1S/C18H12ClN3O2S/c1-10-5-6-14-12(7-10)17(23)11(9-24-14)8-20-22-18-21-16-13(19)3-2-4-15(16)25-18/h2-9H,1H3,(H,21,22)/b20-8+. The van der Waals surface area contributed by atoms with Gasteiger partial charge in [-0.3, -0.25) is 10.2 Å². The molecule has 7 heteroatoms. The number of anilines is 1. The van der Waals surface area contributed by atoms with Crippen molar-refractivity contribution in [2.45, 2.75) is 6.92 Å². The van der Waals surface area contributed by atoms with Gasteiger partial charge in [0.15, 0.2) is 0 Å². The number of rotatable bonds is 3. The topological polar surface area (TPSA) is 67.5 Å². The Morgan fingerprint density at radius 1 is 1.32 bits per heavy atom. The molecule has 0 spiro atoms. The number of hydrogen-bond acceptors (Lipinski definition) is 6. The largest absolute Gasteiger partial charge is 0.463 e. The van der Waals surface area contributed by atoms with Crippen LogP contribution in [0.4, 0.5) is 5.13 Å². The molecule has 0 fully saturated rings. The first-order valence-corrected chi connectivity index (χ1v) is 8.67. The van der Waals surface area contributed by atoms with Crippen LogP contribution in [0.15, 0.2) is 57.0 Å². The summed E-state index contributed by atoms with van der Waals surface area (Å²) >= 11 is 7.55. The van der Waals surface area contributed by atoms with Crippen molar-refractivity contribution in [2.24, 2.45) is 5.10 Å². The Kier molecular flexibility index (Phi) is 3.99. The smallest absolute Gasteiger partial charge is 0.204 e. The van der Waals surface area contributed by atoms with E-state index < -0.39 is 0 Å². The molecule has 0 radical (unpaired) electrons. The predicted octanol–water partition coefficient (Wildman–Crippen LogP) is 4.81. The summed E-state index contributed by atoms with van der Waals surface area (Å²) in [5.41, 5.74) is 5.36. The molecule has 1 N–H and O–H groups in total. The monoisotopic (exact) mass is 369 g/mol. The highest BCUT2D eigenvalue weighted by Gasteiger charge is 2.07. The Morgan fingerprint density at radius 3 is 3.04 bits per heavy atom. The summed E-state index contributed by atoms with van der Waals surface area (Å²) in [6, 6.07) is 11.1. The quantitative estimate of drug-likeness (QED) is 0.415. The zero-order valence-electron chi connectivity index (χ0n) is 13.1. The van der Waals surface area contributed by atoms with Crippen LogP contribution in [-0.4, -0.2) is 11.2 Å². The van der Waals surface area contributed by atoms with Crippen LogP contribution >= 0.6 is 22.9 Å². The fourth-order valence-electron chi connectivity index (χ4n) is 2.47. The third-order valence-electron chi connectivity index (χ3n) is 3.69. The summed E-state index contributed by atoms with van der Waals surface area (Å²) in [6.07, 6.45) is 2.83. The first-order chi connectivity index (χ1) is 12.1. The molecular formula is C18H12ClN3O2S. The lowest BCUT2D eigenvalue weighted by Gasteiger charge is -1.99. The molecule has 0 saturated carbocycles. The molecule has 25 heavy (non-hydrogen) atoms. The van der Waals surface area contributed by atoms with Crippen molar-refractivity contribution >= 4 is 55.5 Å². The van der Waals surface area contributed by atoms with Crippen LogP contribution in [0.5, 0.6) is 0 Å². The number of benzene rings is 2. The number of nitrogens with one attached hydrogen (secondary N) is 1. The maximum atomic E-state index is 12.5. The number of fused-ring (bicyclic) bond motifs is 2. The van der Waals surface area contributed by atoms with E-state index in [0.29, 0.717) is 26.7 Å². The van der Waals surface area contributed by atoms with Crippen LogP contribution in [0.3, 0.4) is 0 Å². The van der Waals surface area contributed by atoms with Crippen LogP contribution in [-0.2, 0) is 0 Å². The number of hydrogen-bond donors (Lipinski definition) is 1. The van der Waals surface area contributed by atoms with Gasteiger partial charge < -0.3 is 4.42 Å². The molecule has 0 aliphatic rings. The Labute approximate surface area is 151 Å². The molecule has 5 nitrogen and oxygen atoms in total. The Balaban J connectivity index is 1.63. The van der Waals surface area contributed by atoms with Gasteiger partial charge in [0, 0.05) is 0 Å². The van der Waals surface area contributed by atoms with Crippen LogP contribution < -0.4 is 10.9 Å². The first kappa shape index (κ1) is 15.8. The van der Waals surface area contributed by atoms with Gasteiger partial charge in [0.1, 0.15) is 17.4 Å². The number of halogens is 1. The molecule has 0 aliphatic heterocycles. The zero-order valence-corrected chi connectivity index (χ0v) is 14.7. The van der Waals surface area contributed by atoms with Crippen LogP contribution in [0.2, 0.25) is 5.02 Å². The van der Waals surface area contributed by atoms with E-state index in [1.54, 1.807) is 12.1 Å². The minimum atomic E-state index is -0.122. The molecule has 2 heterocycles. The lowest BCUT2D eigenvalue weighted by molar-refractivity contribution is 0.601. The summed E-state index contributed by atoms with van der Waals surface area (Å²) in [7, 11) is 0. The number of para-hydroxylation sites is 1. The number of nitrogens with zero attached hydrogens (tertiary/aromatic N) is 2. The molecule has 0 unspecified atom stereocenters. The van der Waals surface area contributed by atoms with Crippen molar-refractivity contribution < 1.29 is 4.42 Å². The molecule has 2 aromatic heterocycles. The van der Waals surface area contributed by atoms with Crippen molar-refractivity contribution in [2.75, 3.05) is 5.43 Å². The normalized spacial score (nSPS) is 11.6. The van der Waals surface area contributed by atoms with Gasteiger partial charge in [-0.25, -0.2) is 4.98 Å². The molecule has 4 aromatic rings. The van der Waals surface area contributed by atoms with Gasteiger partial charge in [0.25, 0.3) is 0 Å². The summed E-state index contributed by atoms with van der Waals surface area (Å²) in [4.78, 5) is 16.9. The number of hydrazone groups is 1. The second kappa shape index (κ2) is 6.31. The highest BCUT2D eigenvalue weighted by atomic mass is 35.5. The summed E-state index contributed by atoms with van der Waals surface area (Å²) in [6.45, 7) is 1.93. The van der Waals surface area contributed by atoms with E-state index in [-0.39, 0.29) is 5.43 Å². The second-order valence-corrected chi connectivity index (χ2v) is 6.93. The number of aromatic nitrogens is 1. The molecule has 0 bridgehead atoms. The highest BCUT2D eigenvalue weighted by molar-refractivity contribution is 7.22.